The van der Waals surface area contributed by atoms with Crippen molar-refractivity contribution in [1.29, 1.82) is 0 Å². The minimum absolute atomic E-state index is 0.0793. The summed E-state index contributed by atoms with van der Waals surface area (Å²) < 4.78 is 29.4. The highest BCUT2D eigenvalue weighted by atomic mass is 35.5. The van der Waals surface area contributed by atoms with E-state index < -0.39 is 28.5 Å². The lowest BCUT2D eigenvalue weighted by atomic mass is 9.95. The Morgan fingerprint density at radius 2 is 1.52 bits per heavy atom. The molecule has 1 fully saturated rings. The molecule has 44 heavy (non-hydrogen) atoms. The summed E-state index contributed by atoms with van der Waals surface area (Å²) in [6.07, 6.45) is 5.51. The van der Waals surface area contributed by atoms with E-state index in [2.05, 4.69) is 19.2 Å². The van der Waals surface area contributed by atoms with Gasteiger partial charge in [0.2, 0.25) is 11.8 Å². The van der Waals surface area contributed by atoms with Crippen molar-refractivity contribution in [2.75, 3.05) is 10.8 Å². The maximum absolute atomic E-state index is 14.3. The van der Waals surface area contributed by atoms with Crippen molar-refractivity contribution < 1.29 is 18.0 Å². The van der Waals surface area contributed by atoms with Crippen LogP contribution in [0.1, 0.15) is 81.9 Å². The number of benzene rings is 3. The molecule has 2 amide bonds. The van der Waals surface area contributed by atoms with E-state index in [0.29, 0.717) is 17.1 Å². The van der Waals surface area contributed by atoms with Crippen LogP contribution in [-0.2, 0) is 26.2 Å². The van der Waals surface area contributed by atoms with Crippen LogP contribution in [0.3, 0.4) is 0 Å². The molecule has 1 saturated carbocycles. The molecule has 0 unspecified atom stereocenters. The van der Waals surface area contributed by atoms with Crippen molar-refractivity contribution in [2.45, 2.75) is 95.7 Å². The molecule has 7 nitrogen and oxygen atoms in total. The predicted molar refractivity (Wildman–Crippen MR) is 177 cm³/mol. The van der Waals surface area contributed by atoms with Gasteiger partial charge in [-0.3, -0.25) is 13.9 Å². The standard InChI is InChI=1S/C35H44ClN3O4S/c1-5-33(35(41)37-30-9-7-6-8-10-30)38(23-27-13-17-29(36)18-14-27)34(40)24-39(31-19-15-28(16-20-31)25(2)3)44(42,43)32-21-11-26(4)12-22-32/h11-22,25,30,33H,5-10,23-24H2,1-4H3,(H,37,41)/t33-/m1/s1. The van der Waals surface area contributed by atoms with Gasteiger partial charge in [0.25, 0.3) is 10.0 Å². The topological polar surface area (TPSA) is 86.8 Å². The molecule has 3 aromatic rings. The zero-order chi connectivity index (χ0) is 31.9. The quantitative estimate of drug-likeness (QED) is 0.227. The number of sulfonamides is 1. The first kappa shape index (κ1) is 33.5. The van der Waals surface area contributed by atoms with E-state index in [4.69, 9.17) is 11.6 Å². The van der Waals surface area contributed by atoms with Crippen molar-refractivity contribution >= 4 is 39.1 Å². The van der Waals surface area contributed by atoms with Gasteiger partial charge in [-0.1, -0.05) is 93.6 Å². The zero-order valence-corrected chi connectivity index (χ0v) is 27.7. The Hall–Kier alpha value is -3.36. The molecule has 9 heteroatoms. The molecule has 0 aromatic heterocycles. The van der Waals surface area contributed by atoms with Crippen molar-refractivity contribution in [2.24, 2.45) is 0 Å². The van der Waals surface area contributed by atoms with E-state index in [1.807, 2.05) is 38.1 Å². The summed E-state index contributed by atoms with van der Waals surface area (Å²) in [4.78, 5) is 29.6. The van der Waals surface area contributed by atoms with Gasteiger partial charge in [0.05, 0.1) is 10.6 Å². The van der Waals surface area contributed by atoms with E-state index in [-0.39, 0.29) is 29.3 Å². The van der Waals surface area contributed by atoms with Gasteiger partial charge in [-0.15, -0.1) is 0 Å². The normalized spacial score (nSPS) is 14.7. The Morgan fingerprint density at radius 3 is 2.09 bits per heavy atom. The highest BCUT2D eigenvalue weighted by molar-refractivity contribution is 7.92. The lowest BCUT2D eigenvalue weighted by molar-refractivity contribution is -0.140. The fourth-order valence-corrected chi connectivity index (χ4v) is 7.18. The molecular weight excluding hydrogens is 594 g/mol. The molecule has 1 atom stereocenters. The number of halogens is 1. The number of carbonyl (C=O) groups excluding carboxylic acids is 2. The first-order chi connectivity index (χ1) is 21.0. The summed E-state index contributed by atoms with van der Waals surface area (Å²) in [6, 6.07) is 20.3. The average molecular weight is 638 g/mol. The van der Waals surface area contributed by atoms with Gasteiger partial charge in [-0.05, 0) is 79.6 Å². The molecule has 3 aromatic carbocycles. The second kappa shape index (κ2) is 15.1. The number of hydrogen-bond donors (Lipinski definition) is 1. The summed E-state index contributed by atoms with van der Waals surface area (Å²) in [7, 11) is -4.12. The molecular formula is C35H44ClN3O4S. The molecule has 0 bridgehead atoms. The Kier molecular flexibility index (Phi) is 11.5. The number of rotatable bonds is 12. The minimum atomic E-state index is -4.12. The molecule has 1 aliphatic carbocycles. The van der Waals surface area contributed by atoms with Crippen molar-refractivity contribution in [1.82, 2.24) is 10.2 Å². The van der Waals surface area contributed by atoms with E-state index in [0.717, 1.165) is 53.1 Å². The fourth-order valence-electron chi connectivity index (χ4n) is 5.64. The maximum Gasteiger partial charge on any atom is 0.264 e. The number of hydrogen-bond acceptors (Lipinski definition) is 4. The summed E-state index contributed by atoms with van der Waals surface area (Å²) in [5.41, 5.74) is 3.16. The summed E-state index contributed by atoms with van der Waals surface area (Å²) in [5, 5.41) is 3.74. The van der Waals surface area contributed by atoms with Crippen LogP contribution in [-0.4, -0.2) is 43.8 Å². The minimum Gasteiger partial charge on any atom is -0.352 e. The largest absolute Gasteiger partial charge is 0.352 e. The molecule has 0 heterocycles. The van der Waals surface area contributed by atoms with Gasteiger partial charge in [0.1, 0.15) is 12.6 Å². The molecule has 236 valence electrons. The van der Waals surface area contributed by atoms with E-state index in [1.165, 1.54) is 4.90 Å². The summed E-state index contributed by atoms with van der Waals surface area (Å²) in [6.45, 7) is 7.57. The van der Waals surface area contributed by atoms with Crippen LogP contribution in [0.4, 0.5) is 5.69 Å². The SMILES string of the molecule is CC[C@H](C(=O)NC1CCCCC1)N(Cc1ccc(Cl)cc1)C(=O)CN(c1ccc(C(C)C)cc1)S(=O)(=O)c1ccc(C)cc1. The van der Waals surface area contributed by atoms with Gasteiger partial charge in [0, 0.05) is 17.6 Å². The maximum atomic E-state index is 14.3. The first-order valence-electron chi connectivity index (χ1n) is 15.5. The molecule has 4 rings (SSSR count). The van der Waals surface area contributed by atoms with Gasteiger partial charge in [-0.2, -0.15) is 0 Å². The molecule has 1 aliphatic rings. The number of nitrogens with zero attached hydrogens (tertiary/aromatic N) is 2. The van der Waals surface area contributed by atoms with Crippen LogP contribution in [0.15, 0.2) is 77.7 Å². The Balaban J connectivity index is 1.71. The van der Waals surface area contributed by atoms with Crippen LogP contribution < -0.4 is 9.62 Å². The van der Waals surface area contributed by atoms with Crippen LogP contribution >= 0.6 is 11.6 Å². The molecule has 0 aliphatic heterocycles. The Bertz CT molecular complexity index is 1500. The molecule has 1 N–H and O–H groups in total. The van der Waals surface area contributed by atoms with Gasteiger partial charge < -0.3 is 10.2 Å². The smallest absolute Gasteiger partial charge is 0.264 e. The van der Waals surface area contributed by atoms with E-state index >= 15 is 0 Å². The van der Waals surface area contributed by atoms with Crippen LogP contribution in [0.25, 0.3) is 0 Å². The molecule has 0 radical (unpaired) electrons. The lowest BCUT2D eigenvalue weighted by Gasteiger charge is -2.34. The Labute approximate surface area is 267 Å². The Morgan fingerprint density at radius 1 is 0.909 bits per heavy atom. The summed E-state index contributed by atoms with van der Waals surface area (Å²) in [5.74, 6) is -0.416. The van der Waals surface area contributed by atoms with Crippen molar-refractivity contribution in [3.63, 3.8) is 0 Å². The van der Waals surface area contributed by atoms with Gasteiger partial charge in [-0.25, -0.2) is 8.42 Å². The number of carbonyl (C=O) groups is 2. The second-order valence-corrected chi connectivity index (χ2v) is 14.3. The van der Waals surface area contributed by atoms with E-state index in [1.54, 1.807) is 48.5 Å². The lowest BCUT2D eigenvalue weighted by Crippen LogP contribution is -2.54. The highest BCUT2D eigenvalue weighted by Crippen LogP contribution is 2.27. The molecule has 0 saturated heterocycles. The first-order valence-corrected chi connectivity index (χ1v) is 17.3. The molecule has 0 spiro atoms. The third-order valence-electron chi connectivity index (χ3n) is 8.34. The monoisotopic (exact) mass is 637 g/mol. The van der Waals surface area contributed by atoms with E-state index in [9.17, 15) is 18.0 Å². The third kappa shape index (κ3) is 8.42. The van der Waals surface area contributed by atoms with Gasteiger partial charge >= 0.3 is 0 Å². The zero-order valence-electron chi connectivity index (χ0n) is 26.1. The van der Waals surface area contributed by atoms with Crippen molar-refractivity contribution in [3.05, 3.63) is 94.5 Å². The average Bonchev–Trinajstić information content (AvgIpc) is 3.01. The summed E-state index contributed by atoms with van der Waals surface area (Å²) >= 11 is 6.13. The van der Waals surface area contributed by atoms with Crippen LogP contribution in [0, 0.1) is 6.92 Å². The fraction of sp³-hybridized carbons (Fsp3) is 0.429. The number of amides is 2. The highest BCUT2D eigenvalue weighted by Gasteiger charge is 2.34. The number of aryl methyl sites for hydroxylation is 1. The van der Waals surface area contributed by atoms with Crippen LogP contribution in [0.2, 0.25) is 5.02 Å². The van der Waals surface area contributed by atoms with Crippen molar-refractivity contribution in [3.8, 4) is 0 Å². The second-order valence-electron chi connectivity index (χ2n) is 12.0. The van der Waals surface area contributed by atoms with Gasteiger partial charge in [0.15, 0.2) is 0 Å². The predicted octanol–water partition coefficient (Wildman–Crippen LogP) is 7.22. The number of anilines is 1. The third-order valence-corrected chi connectivity index (χ3v) is 10.4. The number of nitrogens with one attached hydrogen (secondary N) is 1. The van der Waals surface area contributed by atoms with Crippen LogP contribution in [0.5, 0.6) is 0 Å².